The number of para-hydroxylation sites is 1. The second-order valence-corrected chi connectivity index (χ2v) is 5.04. The summed E-state index contributed by atoms with van der Waals surface area (Å²) in [6, 6.07) is 11.5. The number of phenolic OH excluding ortho intramolecular Hbond substituents is 2. The van der Waals surface area contributed by atoms with E-state index in [2.05, 4.69) is 5.16 Å². The summed E-state index contributed by atoms with van der Waals surface area (Å²) in [6.45, 7) is 3.88. The number of hydrogen-bond donors (Lipinski definition) is 2. The van der Waals surface area contributed by atoms with E-state index in [0.717, 1.165) is 5.56 Å². The molecule has 0 spiro atoms. The van der Waals surface area contributed by atoms with Crippen LogP contribution in [0.1, 0.15) is 35.3 Å². The zero-order valence-corrected chi connectivity index (χ0v) is 13.5. The Balaban J connectivity index is 2.04. The van der Waals surface area contributed by atoms with E-state index in [0.29, 0.717) is 23.4 Å². The summed E-state index contributed by atoms with van der Waals surface area (Å²) in [6.07, 6.45) is 0. The van der Waals surface area contributed by atoms with Gasteiger partial charge in [-0.3, -0.25) is 0 Å². The molecule has 0 aliphatic carbocycles. The number of carbonyl (C=O) groups is 1. The van der Waals surface area contributed by atoms with Gasteiger partial charge >= 0.3 is 5.97 Å². The lowest BCUT2D eigenvalue weighted by Crippen LogP contribution is -2.05. The smallest absolute Gasteiger partial charge is 0.338 e. The Hall–Kier alpha value is -3.02. The van der Waals surface area contributed by atoms with Crippen molar-refractivity contribution in [3.63, 3.8) is 0 Å². The van der Waals surface area contributed by atoms with Gasteiger partial charge in [0.1, 0.15) is 6.61 Å². The first-order valence-electron chi connectivity index (χ1n) is 7.47. The van der Waals surface area contributed by atoms with Crippen LogP contribution in [0, 0.1) is 0 Å². The molecule has 0 radical (unpaired) electrons. The van der Waals surface area contributed by atoms with Gasteiger partial charge < -0.3 is 19.8 Å². The molecule has 0 amide bonds. The first kappa shape index (κ1) is 17.3. The molecule has 2 N–H and O–H groups in total. The topological polar surface area (TPSA) is 88.4 Å². The molecule has 2 aromatic rings. The van der Waals surface area contributed by atoms with Crippen molar-refractivity contribution in [2.24, 2.45) is 5.16 Å². The van der Waals surface area contributed by atoms with E-state index in [1.807, 2.05) is 0 Å². The van der Waals surface area contributed by atoms with E-state index in [4.69, 9.17) is 9.57 Å². The molecule has 0 aliphatic rings. The standard InChI is InChI=1S/C18H19NO5/c1-3-23-18(22)14-7-4-6-13(10-14)11-24-19-12(2)15-8-5-9-16(20)17(15)21/h4-10,20-21H,3,11H2,1-2H3/b19-12+. The first-order chi connectivity index (χ1) is 11.5. The molecule has 2 aromatic carbocycles. The van der Waals surface area contributed by atoms with Gasteiger partial charge in [0.15, 0.2) is 11.5 Å². The summed E-state index contributed by atoms with van der Waals surface area (Å²) in [5.41, 5.74) is 2.02. The predicted molar refractivity (Wildman–Crippen MR) is 89.2 cm³/mol. The van der Waals surface area contributed by atoms with E-state index in [9.17, 15) is 15.0 Å². The number of esters is 1. The molecular formula is C18H19NO5. The van der Waals surface area contributed by atoms with Crippen LogP contribution in [-0.2, 0) is 16.2 Å². The number of ether oxygens (including phenoxy) is 1. The predicted octanol–water partition coefficient (Wildman–Crippen LogP) is 3.22. The second kappa shape index (κ2) is 8.01. The summed E-state index contributed by atoms with van der Waals surface area (Å²) >= 11 is 0. The maximum atomic E-state index is 11.7. The van der Waals surface area contributed by atoms with Crippen LogP contribution in [0.2, 0.25) is 0 Å². The fourth-order valence-corrected chi connectivity index (χ4v) is 2.08. The first-order valence-corrected chi connectivity index (χ1v) is 7.47. The fraction of sp³-hybridized carbons (Fsp3) is 0.222. The lowest BCUT2D eigenvalue weighted by atomic mass is 10.1. The van der Waals surface area contributed by atoms with Crippen LogP contribution in [-0.4, -0.2) is 28.5 Å². The Morgan fingerprint density at radius 3 is 2.67 bits per heavy atom. The van der Waals surface area contributed by atoms with Crippen LogP contribution in [0.25, 0.3) is 0 Å². The highest BCUT2D eigenvalue weighted by atomic mass is 16.6. The highest BCUT2D eigenvalue weighted by Gasteiger charge is 2.09. The zero-order chi connectivity index (χ0) is 17.5. The minimum atomic E-state index is -0.385. The van der Waals surface area contributed by atoms with E-state index < -0.39 is 0 Å². The summed E-state index contributed by atoms with van der Waals surface area (Å²) in [5, 5.41) is 23.2. The number of hydrogen-bond acceptors (Lipinski definition) is 6. The van der Waals surface area contributed by atoms with Gasteiger partial charge in [-0.05, 0) is 43.7 Å². The van der Waals surface area contributed by atoms with Crippen molar-refractivity contribution >= 4 is 11.7 Å². The average molecular weight is 329 g/mol. The van der Waals surface area contributed by atoms with Gasteiger partial charge in [0.05, 0.1) is 17.9 Å². The molecule has 0 aromatic heterocycles. The number of phenols is 2. The summed E-state index contributed by atoms with van der Waals surface area (Å²) < 4.78 is 4.95. The van der Waals surface area contributed by atoms with Crippen molar-refractivity contribution in [1.82, 2.24) is 0 Å². The van der Waals surface area contributed by atoms with Gasteiger partial charge in [0, 0.05) is 5.56 Å². The number of oxime groups is 1. The second-order valence-electron chi connectivity index (χ2n) is 5.04. The number of benzene rings is 2. The maximum absolute atomic E-state index is 11.7. The number of rotatable bonds is 6. The molecule has 0 saturated carbocycles. The normalized spacial score (nSPS) is 11.2. The summed E-state index contributed by atoms with van der Waals surface area (Å²) in [7, 11) is 0. The zero-order valence-electron chi connectivity index (χ0n) is 13.5. The van der Waals surface area contributed by atoms with Crippen molar-refractivity contribution in [2.75, 3.05) is 6.61 Å². The van der Waals surface area contributed by atoms with Gasteiger partial charge in [-0.15, -0.1) is 0 Å². The fourth-order valence-electron chi connectivity index (χ4n) is 2.08. The van der Waals surface area contributed by atoms with Crippen molar-refractivity contribution in [3.05, 3.63) is 59.2 Å². The minimum absolute atomic E-state index is 0.157. The molecule has 0 atom stereocenters. The molecular weight excluding hydrogens is 310 g/mol. The molecule has 0 aliphatic heterocycles. The quantitative estimate of drug-likeness (QED) is 0.368. The SMILES string of the molecule is CCOC(=O)c1cccc(CO/N=C(\C)c2cccc(O)c2O)c1. The molecule has 2 rings (SSSR count). The van der Waals surface area contributed by atoms with Gasteiger partial charge in [0.25, 0.3) is 0 Å². The van der Waals surface area contributed by atoms with Crippen LogP contribution in [0.15, 0.2) is 47.6 Å². The van der Waals surface area contributed by atoms with E-state index >= 15 is 0 Å². The van der Waals surface area contributed by atoms with Crippen LogP contribution in [0.5, 0.6) is 11.5 Å². The largest absolute Gasteiger partial charge is 0.504 e. The van der Waals surface area contributed by atoms with Crippen LogP contribution < -0.4 is 0 Å². The lowest BCUT2D eigenvalue weighted by molar-refractivity contribution is 0.0526. The van der Waals surface area contributed by atoms with E-state index in [-0.39, 0.29) is 24.1 Å². The molecule has 126 valence electrons. The Labute approximate surface area is 140 Å². The van der Waals surface area contributed by atoms with Gasteiger partial charge in [-0.1, -0.05) is 23.4 Å². The molecule has 24 heavy (non-hydrogen) atoms. The number of aromatic hydroxyl groups is 2. The van der Waals surface area contributed by atoms with Crippen molar-refractivity contribution < 1.29 is 24.6 Å². The summed E-state index contributed by atoms with van der Waals surface area (Å²) in [4.78, 5) is 17.0. The van der Waals surface area contributed by atoms with Crippen molar-refractivity contribution in [1.29, 1.82) is 0 Å². The number of nitrogens with zero attached hydrogens (tertiary/aromatic N) is 1. The van der Waals surface area contributed by atoms with Gasteiger partial charge in [-0.25, -0.2) is 4.79 Å². The van der Waals surface area contributed by atoms with Crippen LogP contribution in [0.3, 0.4) is 0 Å². The molecule has 0 unspecified atom stereocenters. The lowest BCUT2D eigenvalue weighted by Gasteiger charge is -2.07. The highest BCUT2D eigenvalue weighted by Crippen LogP contribution is 2.28. The number of carbonyl (C=O) groups excluding carboxylic acids is 1. The van der Waals surface area contributed by atoms with Crippen LogP contribution in [0.4, 0.5) is 0 Å². The molecule has 0 fully saturated rings. The van der Waals surface area contributed by atoms with Gasteiger partial charge in [0.2, 0.25) is 0 Å². The Kier molecular flexibility index (Phi) is 5.78. The monoisotopic (exact) mass is 329 g/mol. The average Bonchev–Trinajstić information content (AvgIpc) is 2.57. The van der Waals surface area contributed by atoms with Crippen LogP contribution >= 0.6 is 0 Å². The van der Waals surface area contributed by atoms with Crippen molar-refractivity contribution in [3.8, 4) is 11.5 Å². The molecule has 0 bridgehead atoms. The van der Waals surface area contributed by atoms with E-state index in [1.165, 1.54) is 6.07 Å². The van der Waals surface area contributed by atoms with Gasteiger partial charge in [-0.2, -0.15) is 0 Å². The Morgan fingerprint density at radius 2 is 1.92 bits per heavy atom. The minimum Gasteiger partial charge on any atom is -0.504 e. The molecule has 0 heterocycles. The third-order valence-corrected chi connectivity index (χ3v) is 3.28. The molecule has 0 saturated heterocycles. The Morgan fingerprint density at radius 1 is 1.17 bits per heavy atom. The Bertz CT molecular complexity index is 755. The summed E-state index contributed by atoms with van der Waals surface area (Å²) in [5.74, 6) is -0.848. The highest BCUT2D eigenvalue weighted by molar-refractivity contribution is 6.01. The third-order valence-electron chi connectivity index (χ3n) is 3.28. The van der Waals surface area contributed by atoms with E-state index in [1.54, 1.807) is 50.2 Å². The molecule has 6 heteroatoms. The maximum Gasteiger partial charge on any atom is 0.338 e. The molecule has 6 nitrogen and oxygen atoms in total. The third kappa shape index (κ3) is 4.25. The van der Waals surface area contributed by atoms with Crippen molar-refractivity contribution in [2.45, 2.75) is 20.5 Å².